The Labute approximate surface area is 184 Å². The molecule has 27 heavy (non-hydrogen) atoms. The van der Waals surface area contributed by atoms with E-state index in [0.29, 0.717) is 23.6 Å². The monoisotopic (exact) mass is 504 g/mol. The zero-order valence-electron chi connectivity index (χ0n) is 16.4. The first-order chi connectivity index (χ1) is 12.7. The molecule has 0 radical (unpaired) electrons. The highest BCUT2D eigenvalue weighted by Crippen LogP contribution is 2.57. The number of piperidine rings is 1. The lowest BCUT2D eigenvalue weighted by molar-refractivity contribution is -0.168. The minimum atomic E-state index is 0. The van der Waals surface area contributed by atoms with Crippen LogP contribution in [0.4, 0.5) is 5.00 Å². The number of nitrogens with one attached hydrogen (secondary N) is 2. The van der Waals surface area contributed by atoms with Gasteiger partial charge in [-0.15, -0.1) is 35.3 Å². The van der Waals surface area contributed by atoms with Crippen LogP contribution in [0.25, 0.3) is 0 Å². The normalized spacial score (nSPS) is 27.5. The minimum Gasteiger partial charge on any atom is -0.378 e. The molecule has 0 amide bonds. The number of nitrogens with zero attached hydrogens (tertiary/aromatic N) is 2. The third kappa shape index (κ3) is 4.24. The molecule has 4 rings (SSSR count). The molecule has 3 fully saturated rings. The van der Waals surface area contributed by atoms with E-state index in [-0.39, 0.29) is 24.0 Å². The summed E-state index contributed by atoms with van der Waals surface area (Å²) in [6.45, 7) is 5.18. The molecule has 2 heterocycles. The van der Waals surface area contributed by atoms with Crippen LogP contribution < -0.4 is 15.5 Å². The van der Waals surface area contributed by atoms with Crippen molar-refractivity contribution in [2.45, 2.75) is 63.6 Å². The number of halogens is 1. The molecule has 152 valence electrons. The molecule has 0 aromatic carbocycles. The quantitative estimate of drug-likeness (QED) is 0.364. The van der Waals surface area contributed by atoms with Crippen molar-refractivity contribution in [3.63, 3.8) is 0 Å². The average molecular weight is 504 g/mol. The van der Waals surface area contributed by atoms with Crippen LogP contribution in [0.5, 0.6) is 0 Å². The SMILES string of the molecule is CCOC1CC(NC(=NC)NC2CCN(c3cccs3)CC2)C12CCC2.I. The number of guanidine groups is 1. The maximum absolute atomic E-state index is 5.97. The van der Waals surface area contributed by atoms with Gasteiger partial charge in [0, 0.05) is 44.2 Å². The highest BCUT2D eigenvalue weighted by atomic mass is 127. The van der Waals surface area contributed by atoms with Gasteiger partial charge in [0.25, 0.3) is 0 Å². The lowest BCUT2D eigenvalue weighted by Gasteiger charge is -2.61. The Balaban J connectivity index is 0.00000210. The summed E-state index contributed by atoms with van der Waals surface area (Å²) in [5.41, 5.74) is 0.371. The van der Waals surface area contributed by atoms with Crippen molar-refractivity contribution in [2.75, 3.05) is 31.6 Å². The third-order valence-electron chi connectivity index (χ3n) is 6.63. The summed E-state index contributed by atoms with van der Waals surface area (Å²) < 4.78 is 5.97. The van der Waals surface area contributed by atoms with E-state index in [0.717, 1.165) is 44.9 Å². The summed E-state index contributed by atoms with van der Waals surface area (Å²) >= 11 is 1.84. The van der Waals surface area contributed by atoms with Gasteiger partial charge in [0.05, 0.1) is 11.1 Å². The predicted molar refractivity (Wildman–Crippen MR) is 125 cm³/mol. The highest BCUT2D eigenvalue weighted by Gasteiger charge is 2.59. The molecule has 1 aromatic rings. The molecule has 5 nitrogen and oxygen atoms in total. The molecule has 1 saturated heterocycles. The van der Waals surface area contributed by atoms with E-state index in [9.17, 15) is 0 Å². The van der Waals surface area contributed by atoms with Gasteiger partial charge >= 0.3 is 0 Å². The molecule has 1 spiro atoms. The summed E-state index contributed by atoms with van der Waals surface area (Å²) in [4.78, 5) is 7.01. The van der Waals surface area contributed by atoms with E-state index in [1.54, 1.807) is 0 Å². The second-order valence-corrected chi connectivity index (χ2v) is 8.82. The van der Waals surface area contributed by atoms with E-state index >= 15 is 0 Å². The number of thiophene rings is 1. The van der Waals surface area contributed by atoms with E-state index < -0.39 is 0 Å². The second kappa shape index (κ2) is 9.31. The summed E-state index contributed by atoms with van der Waals surface area (Å²) in [7, 11) is 1.89. The number of ether oxygens (including phenoxy) is 1. The molecule has 2 N–H and O–H groups in total. The van der Waals surface area contributed by atoms with Crippen molar-refractivity contribution in [3.8, 4) is 0 Å². The van der Waals surface area contributed by atoms with Crippen LogP contribution in [0.15, 0.2) is 22.5 Å². The Morgan fingerprint density at radius 1 is 1.33 bits per heavy atom. The van der Waals surface area contributed by atoms with Gasteiger partial charge in [0.1, 0.15) is 0 Å². The van der Waals surface area contributed by atoms with Crippen molar-refractivity contribution in [1.29, 1.82) is 0 Å². The minimum absolute atomic E-state index is 0. The lowest BCUT2D eigenvalue weighted by Crippen LogP contribution is -2.69. The van der Waals surface area contributed by atoms with Gasteiger partial charge in [0.15, 0.2) is 5.96 Å². The first kappa shape index (κ1) is 21.2. The van der Waals surface area contributed by atoms with E-state index in [1.165, 1.54) is 24.3 Å². The summed E-state index contributed by atoms with van der Waals surface area (Å²) in [6, 6.07) is 5.39. The molecule has 0 bridgehead atoms. The number of hydrogen-bond acceptors (Lipinski definition) is 4. The fourth-order valence-corrected chi connectivity index (χ4v) is 5.65. The number of rotatable bonds is 5. The van der Waals surface area contributed by atoms with Gasteiger partial charge in [-0.1, -0.05) is 6.42 Å². The number of hydrogen-bond donors (Lipinski definition) is 2. The first-order valence-corrected chi connectivity index (χ1v) is 11.0. The molecular weight excluding hydrogens is 471 g/mol. The zero-order chi connectivity index (χ0) is 18.0. The van der Waals surface area contributed by atoms with Gasteiger partial charge in [-0.25, -0.2) is 0 Å². The van der Waals surface area contributed by atoms with Crippen molar-refractivity contribution >= 4 is 46.3 Å². The van der Waals surface area contributed by atoms with Crippen LogP contribution in [0.2, 0.25) is 0 Å². The Morgan fingerprint density at radius 2 is 2.11 bits per heavy atom. The van der Waals surface area contributed by atoms with Crippen molar-refractivity contribution < 1.29 is 4.74 Å². The van der Waals surface area contributed by atoms with Crippen LogP contribution in [0.1, 0.15) is 45.4 Å². The number of aliphatic imine (C=N–C) groups is 1. The Hall–Kier alpha value is -0.540. The average Bonchev–Trinajstić information content (AvgIpc) is 3.13. The van der Waals surface area contributed by atoms with Gasteiger partial charge in [-0.3, -0.25) is 4.99 Å². The van der Waals surface area contributed by atoms with Crippen LogP contribution in [-0.4, -0.2) is 50.9 Å². The van der Waals surface area contributed by atoms with Gasteiger partial charge in [0.2, 0.25) is 0 Å². The Bertz CT molecular complexity index is 612. The van der Waals surface area contributed by atoms with E-state index in [1.807, 2.05) is 18.4 Å². The summed E-state index contributed by atoms with van der Waals surface area (Å²) in [5.74, 6) is 0.978. The van der Waals surface area contributed by atoms with Gasteiger partial charge in [-0.2, -0.15) is 0 Å². The van der Waals surface area contributed by atoms with Gasteiger partial charge in [-0.05, 0) is 56.5 Å². The number of anilines is 1. The van der Waals surface area contributed by atoms with Crippen molar-refractivity contribution in [3.05, 3.63) is 17.5 Å². The maximum Gasteiger partial charge on any atom is 0.191 e. The third-order valence-corrected chi connectivity index (χ3v) is 7.55. The van der Waals surface area contributed by atoms with Gasteiger partial charge < -0.3 is 20.3 Å². The molecule has 1 aromatic heterocycles. The molecule has 2 unspecified atom stereocenters. The van der Waals surface area contributed by atoms with Crippen molar-refractivity contribution in [1.82, 2.24) is 10.6 Å². The maximum atomic E-state index is 5.97. The van der Waals surface area contributed by atoms with Crippen molar-refractivity contribution in [2.24, 2.45) is 10.4 Å². The first-order valence-electron chi connectivity index (χ1n) is 10.1. The fraction of sp³-hybridized carbons (Fsp3) is 0.750. The second-order valence-electron chi connectivity index (χ2n) is 7.89. The molecule has 1 aliphatic heterocycles. The molecule has 2 atom stereocenters. The summed E-state index contributed by atoms with van der Waals surface area (Å²) in [6.07, 6.45) is 7.83. The molecule has 3 aliphatic rings. The topological polar surface area (TPSA) is 48.9 Å². The molecule has 2 saturated carbocycles. The predicted octanol–water partition coefficient (Wildman–Crippen LogP) is 3.85. The van der Waals surface area contributed by atoms with E-state index in [4.69, 9.17) is 4.74 Å². The van der Waals surface area contributed by atoms with E-state index in [2.05, 4.69) is 45.0 Å². The highest BCUT2D eigenvalue weighted by molar-refractivity contribution is 14.0. The van der Waals surface area contributed by atoms with Crippen LogP contribution in [0.3, 0.4) is 0 Å². The largest absolute Gasteiger partial charge is 0.378 e. The Kier molecular flexibility index (Phi) is 7.30. The fourth-order valence-electron chi connectivity index (χ4n) is 4.86. The molecule has 7 heteroatoms. The van der Waals surface area contributed by atoms with Crippen LogP contribution in [0, 0.1) is 5.41 Å². The molecular formula is C20H33IN4OS. The zero-order valence-corrected chi connectivity index (χ0v) is 19.6. The smallest absolute Gasteiger partial charge is 0.191 e. The summed E-state index contributed by atoms with van der Waals surface area (Å²) in [5, 5.41) is 11.0. The van der Waals surface area contributed by atoms with Crippen LogP contribution in [-0.2, 0) is 4.74 Å². The Morgan fingerprint density at radius 3 is 2.67 bits per heavy atom. The lowest BCUT2D eigenvalue weighted by atomic mass is 9.51. The van der Waals surface area contributed by atoms with Crippen LogP contribution >= 0.6 is 35.3 Å². The standard InChI is InChI=1S/C20H32N4OS.HI/c1-3-25-17-14-16(20(17)9-5-10-20)23-19(21-2)22-15-7-11-24(12-8-15)18-6-4-13-26-18;/h4,6,13,15-17H,3,5,7-12,14H2,1-2H3,(H2,21,22,23);1H. The molecule has 2 aliphatic carbocycles.